The van der Waals surface area contributed by atoms with E-state index >= 15 is 0 Å². The summed E-state index contributed by atoms with van der Waals surface area (Å²) >= 11 is 0. The van der Waals surface area contributed by atoms with Crippen LogP contribution in [0.1, 0.15) is 25.7 Å². The van der Waals surface area contributed by atoms with Gasteiger partial charge in [-0.05, 0) is 12.1 Å². The zero-order valence-corrected chi connectivity index (χ0v) is 11.5. The van der Waals surface area contributed by atoms with Crippen LogP contribution < -0.4 is 18.5 Å². The van der Waals surface area contributed by atoms with Crippen LogP contribution in [0.4, 0.5) is 5.69 Å². The fourth-order valence-corrected chi connectivity index (χ4v) is 3.53. The number of quaternary nitrogens is 1. The van der Waals surface area contributed by atoms with E-state index in [1.807, 2.05) is 0 Å². The van der Waals surface area contributed by atoms with E-state index in [4.69, 9.17) is 18.6 Å². The Balaban J connectivity index is 0.000000232. The van der Waals surface area contributed by atoms with Crippen LogP contribution in [0.25, 0.3) is 0 Å². The molecule has 0 aliphatic carbocycles. The fourth-order valence-electron chi connectivity index (χ4n) is 3.53. The minimum absolute atomic E-state index is 0.942. The summed E-state index contributed by atoms with van der Waals surface area (Å²) in [7, 11) is -4.69. The number of rotatable bonds is 1. The molecule has 0 amide bonds. The molecule has 2 heterocycles. The predicted molar refractivity (Wildman–Crippen MR) is 62.4 cm³/mol. The predicted octanol–water partition coefficient (Wildman–Crippen LogP) is -1.17. The molecule has 3 rings (SSSR count). The monoisotopic (exact) mass is 288 g/mol. The van der Waals surface area contributed by atoms with Crippen molar-refractivity contribution in [3.05, 3.63) is 30.3 Å². The summed E-state index contributed by atoms with van der Waals surface area (Å²) < 4.78 is 34.0. The molecule has 5 nitrogen and oxygen atoms in total. The van der Waals surface area contributed by atoms with E-state index in [0.717, 1.165) is 6.04 Å². The van der Waals surface area contributed by atoms with Crippen molar-refractivity contribution < 1.29 is 28.9 Å². The number of benzene rings is 1. The molecule has 2 saturated heterocycles. The van der Waals surface area contributed by atoms with Crippen molar-refractivity contribution in [3.63, 3.8) is 0 Å². The van der Waals surface area contributed by atoms with Gasteiger partial charge >= 0.3 is 0 Å². The second-order valence-electron chi connectivity index (χ2n) is 5.15. The first kappa shape index (κ1) is 14.7. The molecule has 2 aliphatic heterocycles. The van der Waals surface area contributed by atoms with Gasteiger partial charge in [0.2, 0.25) is 0 Å². The molecule has 1 aromatic rings. The summed E-state index contributed by atoms with van der Waals surface area (Å²) in [4.78, 5) is 0. The molecule has 6 heteroatoms. The average Bonchev–Trinajstić information content (AvgIpc) is 2.87. The Morgan fingerprint density at radius 3 is 1.95 bits per heavy atom. The van der Waals surface area contributed by atoms with Crippen molar-refractivity contribution in [1.82, 2.24) is 4.48 Å². The van der Waals surface area contributed by atoms with E-state index in [0.29, 0.717) is 0 Å². The standard InChI is InChI=1S/C13H18N.ClHO4/c1-2-6-12(7-3-1)14-10-4-8-13(14)9-5-11-14;2-1(3,4)5/h1-3,6-7,13H,4-5,8-11H2;(H,2,3,4,5)/q+1;. The summed E-state index contributed by atoms with van der Waals surface area (Å²) in [5.74, 6) is 0. The van der Waals surface area contributed by atoms with E-state index in [9.17, 15) is 0 Å². The molecule has 106 valence electrons. The molecular formula is C13H19ClNO4+. The number of hydrogen-bond donors (Lipinski definition) is 1. The van der Waals surface area contributed by atoms with Gasteiger partial charge in [0, 0.05) is 25.7 Å². The highest BCUT2D eigenvalue weighted by atomic mass is 35.7. The lowest BCUT2D eigenvalue weighted by atomic mass is 10.1. The number of hydrogen-bond acceptors (Lipinski definition) is 4. The quantitative estimate of drug-likeness (QED) is 0.659. The van der Waals surface area contributed by atoms with Crippen LogP contribution in [0.5, 0.6) is 0 Å². The second kappa shape index (κ2) is 5.75. The SMILES string of the molecule is [O-][Cl+3]([O-])([O-])O.c1ccc([N+]23CCCC2CCC3)cc1. The van der Waals surface area contributed by atoms with Crippen LogP contribution >= 0.6 is 0 Å². The zero-order valence-electron chi connectivity index (χ0n) is 10.7. The highest BCUT2D eigenvalue weighted by Crippen LogP contribution is 2.40. The fraction of sp³-hybridized carbons (Fsp3) is 0.538. The van der Waals surface area contributed by atoms with Gasteiger partial charge in [-0.3, -0.25) is 4.48 Å². The Labute approximate surface area is 115 Å². The Morgan fingerprint density at radius 2 is 1.47 bits per heavy atom. The van der Waals surface area contributed by atoms with E-state index in [2.05, 4.69) is 30.3 Å². The Morgan fingerprint density at radius 1 is 1.00 bits per heavy atom. The van der Waals surface area contributed by atoms with E-state index in [1.165, 1.54) is 43.3 Å². The van der Waals surface area contributed by atoms with Gasteiger partial charge in [-0.25, -0.2) is 0 Å². The molecule has 0 aromatic heterocycles. The van der Waals surface area contributed by atoms with Crippen molar-refractivity contribution in [2.45, 2.75) is 31.7 Å². The van der Waals surface area contributed by atoms with Gasteiger partial charge in [0.25, 0.3) is 0 Å². The molecule has 0 radical (unpaired) electrons. The van der Waals surface area contributed by atoms with Crippen LogP contribution in [-0.4, -0.2) is 23.8 Å². The Bertz CT molecular complexity index is 391. The van der Waals surface area contributed by atoms with Crippen molar-refractivity contribution in [2.75, 3.05) is 13.1 Å². The lowest BCUT2D eigenvalue weighted by Crippen LogP contribution is -2.58. The van der Waals surface area contributed by atoms with Crippen LogP contribution in [0, 0.1) is 10.2 Å². The maximum atomic E-state index is 8.60. The first-order valence-electron chi connectivity index (χ1n) is 6.47. The number of halogens is 1. The first-order valence-corrected chi connectivity index (χ1v) is 7.74. The van der Waals surface area contributed by atoms with Crippen molar-refractivity contribution in [2.24, 2.45) is 0 Å². The summed E-state index contributed by atoms with van der Waals surface area (Å²) in [6.45, 7) is 2.77. The van der Waals surface area contributed by atoms with Crippen LogP contribution in [0.15, 0.2) is 30.3 Å². The number of nitrogens with zero attached hydrogens (tertiary/aromatic N) is 1. The largest absolute Gasteiger partial charge is 0.289 e. The van der Waals surface area contributed by atoms with Gasteiger partial charge in [-0.15, -0.1) is 0 Å². The molecule has 0 saturated carbocycles. The van der Waals surface area contributed by atoms with Crippen molar-refractivity contribution in [3.8, 4) is 0 Å². The second-order valence-corrected chi connectivity index (χ2v) is 5.94. The molecule has 1 aromatic carbocycles. The van der Waals surface area contributed by atoms with Crippen molar-refractivity contribution >= 4 is 5.69 Å². The molecule has 0 bridgehead atoms. The summed E-state index contributed by atoms with van der Waals surface area (Å²) in [6.07, 6.45) is 5.77. The topological polar surface area (TPSA) is 89.4 Å². The van der Waals surface area contributed by atoms with E-state index < -0.39 is 10.2 Å². The summed E-state index contributed by atoms with van der Waals surface area (Å²) in [6, 6.07) is 12.1. The molecule has 19 heavy (non-hydrogen) atoms. The highest BCUT2D eigenvalue weighted by Gasteiger charge is 2.46. The van der Waals surface area contributed by atoms with Crippen LogP contribution in [-0.2, 0) is 0 Å². The van der Waals surface area contributed by atoms with Gasteiger partial charge in [0.15, 0.2) is 0 Å². The smallest absolute Gasteiger partial charge is 0.133 e. The van der Waals surface area contributed by atoms with Gasteiger partial charge in [0.05, 0.1) is 34.0 Å². The lowest BCUT2D eigenvalue weighted by Gasteiger charge is -2.34. The third-order valence-electron chi connectivity index (χ3n) is 4.16. The lowest BCUT2D eigenvalue weighted by molar-refractivity contribution is -1.92. The summed E-state index contributed by atoms with van der Waals surface area (Å²) in [5.41, 5.74) is 1.56. The maximum absolute atomic E-state index is 8.60. The number of para-hydroxylation sites is 1. The van der Waals surface area contributed by atoms with Gasteiger partial charge in [-0.1, -0.05) is 18.2 Å². The molecular weight excluding hydrogens is 270 g/mol. The molecule has 2 aliphatic rings. The minimum atomic E-state index is -4.69. The van der Waals surface area contributed by atoms with E-state index in [1.54, 1.807) is 5.69 Å². The normalized spacial score (nSPS) is 29.6. The molecule has 0 atom stereocenters. The van der Waals surface area contributed by atoms with E-state index in [-0.39, 0.29) is 0 Å². The molecule has 0 unspecified atom stereocenters. The minimum Gasteiger partial charge on any atom is -0.289 e. The van der Waals surface area contributed by atoms with Gasteiger partial charge in [-0.2, -0.15) is 14.0 Å². The summed E-state index contributed by atoms with van der Waals surface area (Å²) in [5, 5.41) is 0. The molecule has 2 fully saturated rings. The van der Waals surface area contributed by atoms with Crippen molar-refractivity contribution in [1.29, 1.82) is 0 Å². The number of fused-ring (bicyclic) bond motifs is 1. The zero-order chi connectivity index (χ0) is 13.9. The third kappa shape index (κ3) is 3.66. The maximum Gasteiger partial charge on any atom is 0.133 e. The third-order valence-corrected chi connectivity index (χ3v) is 4.16. The average molecular weight is 289 g/mol. The first-order chi connectivity index (χ1) is 8.92. The van der Waals surface area contributed by atoms with Crippen LogP contribution in [0.3, 0.4) is 0 Å². The molecule has 0 spiro atoms. The van der Waals surface area contributed by atoms with Gasteiger partial charge in [0.1, 0.15) is 5.69 Å². The van der Waals surface area contributed by atoms with Gasteiger partial charge < -0.3 is 0 Å². The Hall–Kier alpha value is -0.690. The highest BCUT2D eigenvalue weighted by molar-refractivity contribution is 5.45. The Kier molecular flexibility index (Phi) is 4.45. The van der Waals surface area contributed by atoms with Crippen LogP contribution in [0.2, 0.25) is 0 Å². The molecule has 1 N–H and O–H groups in total.